The van der Waals surface area contributed by atoms with Crippen molar-refractivity contribution in [2.45, 2.75) is 111 Å². The van der Waals surface area contributed by atoms with E-state index in [1.807, 2.05) is 5.57 Å². The van der Waals surface area contributed by atoms with Gasteiger partial charge in [-0.15, -0.1) is 0 Å². The Bertz CT molecular complexity index is 706. The van der Waals surface area contributed by atoms with Crippen LogP contribution < -0.4 is 5.32 Å². The third-order valence-corrected chi connectivity index (χ3v) is 11.9. The molecule has 5 aliphatic rings. The third kappa shape index (κ3) is 4.39. The van der Waals surface area contributed by atoms with Crippen molar-refractivity contribution in [3.8, 4) is 0 Å². The highest BCUT2D eigenvalue weighted by Gasteiger charge is 2.59. The van der Waals surface area contributed by atoms with Crippen molar-refractivity contribution in [1.29, 1.82) is 0 Å². The summed E-state index contributed by atoms with van der Waals surface area (Å²) in [4.78, 5) is 2.81. The molecule has 4 unspecified atom stereocenters. The van der Waals surface area contributed by atoms with Gasteiger partial charge in [0.1, 0.15) is 0 Å². The van der Waals surface area contributed by atoms with Gasteiger partial charge in [0.05, 0.1) is 0 Å². The number of nitrogens with one attached hydrogen (secondary N) is 1. The lowest BCUT2D eigenvalue weighted by Gasteiger charge is -2.59. The average molecular weight is 455 g/mol. The molecule has 3 saturated carbocycles. The molecule has 0 bridgehead atoms. The van der Waals surface area contributed by atoms with Gasteiger partial charge in [-0.3, -0.25) is 4.90 Å². The van der Waals surface area contributed by atoms with Gasteiger partial charge in [-0.05, 0) is 97.7 Å². The lowest BCUT2D eigenvalue weighted by Crippen LogP contribution is -2.54. The molecule has 0 aromatic heterocycles. The summed E-state index contributed by atoms with van der Waals surface area (Å²) < 4.78 is 0. The van der Waals surface area contributed by atoms with Crippen LogP contribution in [-0.2, 0) is 0 Å². The second-order valence-electron chi connectivity index (χ2n) is 14.0. The SMILES string of the molecule is CC(C)CCC[C@@H](C)[C@H]1CCC2C3CC=C4CC(N5CCNCC5)CC[C@]4(C)C3CC[C@@]21C. The summed E-state index contributed by atoms with van der Waals surface area (Å²) in [6.45, 7) is 17.7. The third-order valence-electron chi connectivity index (χ3n) is 11.9. The Hall–Kier alpha value is -0.340. The second kappa shape index (κ2) is 9.61. The van der Waals surface area contributed by atoms with Gasteiger partial charge in [0.15, 0.2) is 0 Å². The maximum Gasteiger partial charge on any atom is 0.0134 e. The lowest BCUT2D eigenvalue weighted by molar-refractivity contribution is -0.0549. The molecule has 188 valence electrons. The fourth-order valence-electron chi connectivity index (χ4n) is 10.0. The van der Waals surface area contributed by atoms with Crippen molar-refractivity contribution < 1.29 is 0 Å². The first-order valence-electron chi connectivity index (χ1n) is 15.0. The van der Waals surface area contributed by atoms with E-state index in [4.69, 9.17) is 0 Å². The Morgan fingerprint density at radius 1 is 0.970 bits per heavy atom. The number of piperazine rings is 1. The van der Waals surface area contributed by atoms with Gasteiger partial charge in [-0.25, -0.2) is 0 Å². The first-order valence-corrected chi connectivity index (χ1v) is 15.0. The molecule has 2 heteroatoms. The van der Waals surface area contributed by atoms with Crippen LogP contribution in [0, 0.1) is 46.3 Å². The maximum absolute atomic E-state index is 3.55. The second-order valence-corrected chi connectivity index (χ2v) is 14.0. The first kappa shape index (κ1) is 24.4. The topological polar surface area (TPSA) is 15.3 Å². The van der Waals surface area contributed by atoms with Crippen LogP contribution >= 0.6 is 0 Å². The minimum atomic E-state index is 0.510. The summed E-state index contributed by atoms with van der Waals surface area (Å²) in [5.41, 5.74) is 3.01. The first-order chi connectivity index (χ1) is 15.8. The van der Waals surface area contributed by atoms with Gasteiger partial charge in [0.2, 0.25) is 0 Å². The van der Waals surface area contributed by atoms with E-state index in [9.17, 15) is 0 Å². The molecule has 0 spiro atoms. The highest BCUT2D eigenvalue weighted by Crippen LogP contribution is 2.67. The fourth-order valence-corrected chi connectivity index (χ4v) is 10.0. The molecule has 1 heterocycles. The Balaban J connectivity index is 1.27. The molecule has 1 N–H and O–H groups in total. The van der Waals surface area contributed by atoms with Crippen LogP contribution in [0.4, 0.5) is 0 Å². The highest BCUT2D eigenvalue weighted by atomic mass is 15.2. The van der Waals surface area contributed by atoms with E-state index in [1.165, 1.54) is 96.8 Å². The Morgan fingerprint density at radius 2 is 1.76 bits per heavy atom. The standard InChI is InChI=1S/C31H54N2/c1-22(2)7-6-8-23(3)27-11-12-28-26-10-9-24-21-25(33-19-17-32-18-20-33)13-15-30(24,4)29(26)14-16-31(27,28)5/h9,22-23,25-29,32H,6-8,10-21H2,1-5H3/t23-,25?,26?,27-,28?,29?,30+,31-/m1/s1. The van der Waals surface area contributed by atoms with Crippen molar-refractivity contribution in [3.05, 3.63) is 11.6 Å². The van der Waals surface area contributed by atoms with Gasteiger partial charge < -0.3 is 5.32 Å². The van der Waals surface area contributed by atoms with Crippen LogP contribution in [0.25, 0.3) is 0 Å². The molecule has 33 heavy (non-hydrogen) atoms. The monoisotopic (exact) mass is 454 g/mol. The maximum atomic E-state index is 3.55. The molecule has 0 amide bonds. The van der Waals surface area contributed by atoms with E-state index in [2.05, 4.69) is 50.9 Å². The van der Waals surface area contributed by atoms with Crippen LogP contribution in [0.2, 0.25) is 0 Å². The Morgan fingerprint density at radius 3 is 2.52 bits per heavy atom. The summed E-state index contributed by atoms with van der Waals surface area (Å²) in [6, 6.07) is 0.819. The summed E-state index contributed by atoms with van der Waals surface area (Å²) in [7, 11) is 0. The van der Waals surface area contributed by atoms with Crippen LogP contribution in [0.3, 0.4) is 0 Å². The molecule has 0 aromatic rings. The van der Waals surface area contributed by atoms with E-state index in [-0.39, 0.29) is 0 Å². The molecule has 4 fully saturated rings. The van der Waals surface area contributed by atoms with Crippen LogP contribution in [0.15, 0.2) is 11.6 Å². The molecule has 0 aromatic carbocycles. The number of nitrogens with zero attached hydrogens (tertiary/aromatic N) is 1. The van der Waals surface area contributed by atoms with Crippen LogP contribution in [0.1, 0.15) is 105 Å². The fraction of sp³-hybridized carbons (Fsp3) is 0.935. The molecular formula is C31H54N2. The molecule has 8 atom stereocenters. The largest absolute Gasteiger partial charge is 0.314 e. The van der Waals surface area contributed by atoms with Crippen LogP contribution in [-0.4, -0.2) is 37.1 Å². The number of allylic oxidation sites excluding steroid dienone is 1. The van der Waals surface area contributed by atoms with Gasteiger partial charge in [0, 0.05) is 32.2 Å². The van der Waals surface area contributed by atoms with E-state index < -0.39 is 0 Å². The van der Waals surface area contributed by atoms with E-state index in [0.29, 0.717) is 10.8 Å². The Kier molecular flexibility index (Phi) is 7.09. The van der Waals surface area contributed by atoms with Crippen molar-refractivity contribution in [2.75, 3.05) is 26.2 Å². The number of fused-ring (bicyclic) bond motifs is 5. The molecule has 1 aliphatic heterocycles. The van der Waals surface area contributed by atoms with E-state index in [0.717, 1.165) is 41.5 Å². The Labute approximate surface area is 205 Å². The van der Waals surface area contributed by atoms with Gasteiger partial charge in [-0.1, -0.05) is 65.5 Å². The van der Waals surface area contributed by atoms with Gasteiger partial charge in [-0.2, -0.15) is 0 Å². The predicted molar refractivity (Wildman–Crippen MR) is 141 cm³/mol. The minimum Gasteiger partial charge on any atom is -0.314 e. The number of hydrogen-bond donors (Lipinski definition) is 1. The van der Waals surface area contributed by atoms with E-state index >= 15 is 0 Å². The zero-order valence-electron chi connectivity index (χ0n) is 22.7. The van der Waals surface area contributed by atoms with Crippen molar-refractivity contribution in [2.24, 2.45) is 46.3 Å². The number of rotatable bonds is 6. The van der Waals surface area contributed by atoms with Gasteiger partial charge >= 0.3 is 0 Å². The summed E-state index contributed by atoms with van der Waals surface area (Å²) in [5.74, 6) is 5.71. The van der Waals surface area contributed by atoms with Crippen molar-refractivity contribution >= 4 is 0 Å². The highest BCUT2D eigenvalue weighted by molar-refractivity contribution is 5.26. The zero-order chi connectivity index (χ0) is 23.2. The minimum absolute atomic E-state index is 0.510. The smallest absolute Gasteiger partial charge is 0.0134 e. The zero-order valence-corrected chi connectivity index (χ0v) is 22.7. The summed E-state index contributed by atoms with van der Waals surface area (Å²) >= 11 is 0. The lowest BCUT2D eigenvalue weighted by atomic mass is 9.46. The van der Waals surface area contributed by atoms with Crippen LogP contribution in [0.5, 0.6) is 0 Å². The van der Waals surface area contributed by atoms with Crippen molar-refractivity contribution in [3.63, 3.8) is 0 Å². The normalized spacial score (nSPS) is 44.7. The average Bonchev–Trinajstić information content (AvgIpc) is 3.16. The van der Waals surface area contributed by atoms with E-state index in [1.54, 1.807) is 0 Å². The summed E-state index contributed by atoms with van der Waals surface area (Å²) in [6.07, 6.45) is 18.9. The molecule has 5 rings (SSSR count). The molecular weight excluding hydrogens is 400 g/mol. The van der Waals surface area contributed by atoms with Crippen molar-refractivity contribution in [1.82, 2.24) is 10.2 Å². The summed E-state index contributed by atoms with van der Waals surface area (Å²) in [5, 5.41) is 3.55. The molecule has 1 saturated heterocycles. The molecule has 0 radical (unpaired) electrons. The number of hydrogen-bond acceptors (Lipinski definition) is 2. The molecule has 2 nitrogen and oxygen atoms in total. The predicted octanol–water partition coefficient (Wildman–Crippen LogP) is 7.30. The quantitative estimate of drug-likeness (QED) is 0.423. The van der Waals surface area contributed by atoms with Gasteiger partial charge in [0.25, 0.3) is 0 Å². The molecule has 4 aliphatic carbocycles.